The molecule has 1 N–H and O–H groups in total. The fourth-order valence-corrected chi connectivity index (χ4v) is 2.69. The van der Waals surface area contributed by atoms with Gasteiger partial charge in [-0.25, -0.2) is 0 Å². The summed E-state index contributed by atoms with van der Waals surface area (Å²) >= 11 is 0. The van der Waals surface area contributed by atoms with Crippen molar-refractivity contribution in [3.05, 3.63) is 35.4 Å². The summed E-state index contributed by atoms with van der Waals surface area (Å²) < 4.78 is 0. The molecule has 1 saturated heterocycles. The highest BCUT2D eigenvalue weighted by atomic mass is 15.2. The Hall–Kier alpha value is -1.37. The molecule has 0 aromatic heterocycles. The van der Waals surface area contributed by atoms with Gasteiger partial charge in [-0.15, -0.1) is 0 Å². The van der Waals surface area contributed by atoms with E-state index in [1.54, 1.807) is 0 Å². The number of likely N-dealkylation sites (tertiary alicyclic amines) is 1. The topological polar surface area (TPSA) is 39.1 Å². The van der Waals surface area contributed by atoms with Gasteiger partial charge in [-0.05, 0) is 51.4 Å². The van der Waals surface area contributed by atoms with Crippen molar-refractivity contribution in [2.75, 3.05) is 13.1 Å². The first-order valence-corrected chi connectivity index (χ1v) is 7.10. The summed E-state index contributed by atoms with van der Waals surface area (Å²) in [7, 11) is 0. The zero-order valence-corrected chi connectivity index (χ0v) is 12.1. The third-order valence-corrected chi connectivity index (χ3v) is 3.98. The van der Waals surface area contributed by atoms with Crippen LogP contribution in [-0.4, -0.2) is 30.1 Å². The lowest BCUT2D eigenvalue weighted by molar-refractivity contribution is 0.266. The van der Waals surface area contributed by atoms with E-state index < -0.39 is 0 Å². The van der Waals surface area contributed by atoms with Crippen LogP contribution < -0.4 is 5.32 Å². The molecule has 1 aromatic rings. The molecule has 0 aliphatic carbocycles. The summed E-state index contributed by atoms with van der Waals surface area (Å²) in [6.45, 7) is 9.03. The molecule has 1 aromatic carbocycles. The second kappa shape index (κ2) is 6.18. The molecule has 102 valence electrons. The van der Waals surface area contributed by atoms with Crippen LogP contribution in [-0.2, 0) is 0 Å². The second-order valence-electron chi connectivity index (χ2n) is 5.70. The van der Waals surface area contributed by atoms with Gasteiger partial charge in [0.2, 0.25) is 0 Å². The van der Waals surface area contributed by atoms with Crippen molar-refractivity contribution in [2.24, 2.45) is 0 Å². The molecule has 0 radical (unpaired) electrons. The van der Waals surface area contributed by atoms with Crippen molar-refractivity contribution < 1.29 is 0 Å². The van der Waals surface area contributed by atoms with Crippen LogP contribution in [0.15, 0.2) is 24.3 Å². The highest BCUT2D eigenvalue weighted by Gasteiger charge is 2.25. The summed E-state index contributed by atoms with van der Waals surface area (Å²) in [6, 6.07) is 11.6. The third kappa shape index (κ3) is 3.56. The van der Waals surface area contributed by atoms with Crippen molar-refractivity contribution in [1.82, 2.24) is 10.2 Å². The minimum absolute atomic E-state index is 0.338. The Kier molecular flexibility index (Phi) is 4.57. The van der Waals surface area contributed by atoms with E-state index in [0.717, 1.165) is 12.1 Å². The van der Waals surface area contributed by atoms with Crippen molar-refractivity contribution in [3.8, 4) is 6.07 Å². The normalized spacial score (nSPS) is 21.5. The molecule has 3 nitrogen and oxygen atoms in total. The summed E-state index contributed by atoms with van der Waals surface area (Å²) in [6.07, 6.45) is 1.22. The molecule has 2 atom stereocenters. The van der Waals surface area contributed by atoms with Crippen molar-refractivity contribution in [3.63, 3.8) is 0 Å². The van der Waals surface area contributed by atoms with E-state index in [1.165, 1.54) is 18.5 Å². The number of hydrogen-bond donors (Lipinski definition) is 1. The molecule has 0 amide bonds. The lowest BCUT2D eigenvalue weighted by Gasteiger charge is -2.23. The van der Waals surface area contributed by atoms with Gasteiger partial charge in [-0.2, -0.15) is 5.26 Å². The smallest absolute Gasteiger partial charge is 0.0991 e. The second-order valence-corrected chi connectivity index (χ2v) is 5.70. The van der Waals surface area contributed by atoms with Gasteiger partial charge in [0.05, 0.1) is 11.6 Å². The minimum atomic E-state index is 0.338. The predicted octanol–water partition coefficient (Wildman–Crippen LogP) is 2.69. The molecule has 0 bridgehead atoms. The molecule has 0 saturated carbocycles. The van der Waals surface area contributed by atoms with E-state index in [-0.39, 0.29) is 0 Å². The molecule has 0 spiro atoms. The monoisotopic (exact) mass is 257 g/mol. The number of nitrogens with one attached hydrogen (secondary N) is 1. The molecule has 1 fully saturated rings. The van der Waals surface area contributed by atoms with Crippen LogP contribution in [0.5, 0.6) is 0 Å². The zero-order chi connectivity index (χ0) is 13.8. The SMILES string of the molecule is CC(NC1CCN(C(C)C)C1)c1ccc(C#N)cc1. The lowest BCUT2D eigenvalue weighted by atomic mass is 10.1. The highest BCUT2D eigenvalue weighted by Crippen LogP contribution is 2.18. The minimum Gasteiger partial charge on any atom is -0.306 e. The number of hydrogen-bond acceptors (Lipinski definition) is 3. The van der Waals surface area contributed by atoms with Crippen LogP contribution >= 0.6 is 0 Å². The van der Waals surface area contributed by atoms with Gasteiger partial charge < -0.3 is 5.32 Å². The number of nitriles is 1. The van der Waals surface area contributed by atoms with Gasteiger partial charge in [0.1, 0.15) is 0 Å². The van der Waals surface area contributed by atoms with Crippen molar-refractivity contribution in [1.29, 1.82) is 5.26 Å². The first-order chi connectivity index (χ1) is 9.10. The van der Waals surface area contributed by atoms with Gasteiger partial charge in [-0.3, -0.25) is 4.90 Å². The summed E-state index contributed by atoms with van der Waals surface area (Å²) in [5.41, 5.74) is 1.98. The van der Waals surface area contributed by atoms with Gasteiger partial charge in [0.15, 0.2) is 0 Å². The van der Waals surface area contributed by atoms with Crippen LogP contribution in [0.25, 0.3) is 0 Å². The van der Waals surface area contributed by atoms with E-state index in [4.69, 9.17) is 5.26 Å². The van der Waals surface area contributed by atoms with E-state index in [1.807, 2.05) is 24.3 Å². The Morgan fingerprint density at radius 2 is 1.95 bits per heavy atom. The Labute approximate surface area is 116 Å². The third-order valence-electron chi connectivity index (χ3n) is 3.98. The molecule has 19 heavy (non-hydrogen) atoms. The summed E-state index contributed by atoms with van der Waals surface area (Å²) in [4.78, 5) is 2.52. The maximum atomic E-state index is 8.81. The van der Waals surface area contributed by atoms with Crippen LogP contribution in [0, 0.1) is 11.3 Å². The first kappa shape index (κ1) is 14.0. The maximum Gasteiger partial charge on any atom is 0.0991 e. The predicted molar refractivity (Wildman–Crippen MR) is 77.8 cm³/mol. The molecule has 2 unspecified atom stereocenters. The quantitative estimate of drug-likeness (QED) is 0.901. The lowest BCUT2D eigenvalue weighted by Crippen LogP contribution is -2.36. The Bertz CT molecular complexity index is 444. The van der Waals surface area contributed by atoms with E-state index in [9.17, 15) is 0 Å². The Morgan fingerprint density at radius 3 is 2.47 bits per heavy atom. The zero-order valence-electron chi connectivity index (χ0n) is 12.1. The van der Waals surface area contributed by atoms with Crippen LogP contribution in [0.4, 0.5) is 0 Å². The van der Waals surface area contributed by atoms with E-state index in [0.29, 0.717) is 18.1 Å². The van der Waals surface area contributed by atoms with Gasteiger partial charge in [0.25, 0.3) is 0 Å². The molecule has 1 heterocycles. The fourth-order valence-electron chi connectivity index (χ4n) is 2.69. The van der Waals surface area contributed by atoms with Crippen LogP contribution in [0.1, 0.15) is 44.4 Å². The van der Waals surface area contributed by atoms with Gasteiger partial charge in [-0.1, -0.05) is 12.1 Å². The maximum absolute atomic E-state index is 8.81. The van der Waals surface area contributed by atoms with Crippen molar-refractivity contribution >= 4 is 0 Å². The summed E-state index contributed by atoms with van der Waals surface area (Å²) in [5.74, 6) is 0. The molecule has 2 rings (SSSR count). The molecule has 1 aliphatic heterocycles. The first-order valence-electron chi connectivity index (χ1n) is 7.10. The van der Waals surface area contributed by atoms with Crippen molar-refractivity contribution in [2.45, 2.75) is 45.3 Å². The van der Waals surface area contributed by atoms with Gasteiger partial charge >= 0.3 is 0 Å². The summed E-state index contributed by atoms with van der Waals surface area (Å²) in [5, 5.41) is 12.5. The van der Waals surface area contributed by atoms with Crippen LogP contribution in [0.3, 0.4) is 0 Å². The average molecular weight is 257 g/mol. The number of nitrogens with zero attached hydrogens (tertiary/aromatic N) is 2. The Balaban J connectivity index is 1.90. The average Bonchev–Trinajstić information content (AvgIpc) is 2.87. The number of benzene rings is 1. The van der Waals surface area contributed by atoms with E-state index in [2.05, 4.69) is 37.1 Å². The van der Waals surface area contributed by atoms with Gasteiger partial charge in [0, 0.05) is 24.7 Å². The standard InChI is InChI=1S/C16H23N3/c1-12(2)19-9-8-16(11-19)18-13(3)15-6-4-14(10-17)5-7-15/h4-7,12-13,16,18H,8-9,11H2,1-3H3. The molecule has 3 heteroatoms. The molecular formula is C16H23N3. The van der Waals surface area contributed by atoms with Crippen LogP contribution in [0.2, 0.25) is 0 Å². The number of rotatable bonds is 4. The molecular weight excluding hydrogens is 234 g/mol. The Morgan fingerprint density at radius 1 is 1.26 bits per heavy atom. The van der Waals surface area contributed by atoms with E-state index >= 15 is 0 Å². The fraction of sp³-hybridized carbons (Fsp3) is 0.562. The molecule has 1 aliphatic rings. The largest absolute Gasteiger partial charge is 0.306 e. The highest BCUT2D eigenvalue weighted by molar-refractivity contribution is 5.32.